The smallest absolute Gasteiger partial charge is 0.119 e. The first-order chi connectivity index (χ1) is 8.75. The first kappa shape index (κ1) is 11.6. The Labute approximate surface area is 112 Å². The van der Waals surface area contributed by atoms with Crippen LogP contribution in [0.5, 0.6) is 5.75 Å². The summed E-state index contributed by atoms with van der Waals surface area (Å²) in [5.74, 6) is 0.654. The van der Waals surface area contributed by atoms with Gasteiger partial charge in [-0.3, -0.25) is 0 Å². The Morgan fingerprint density at radius 1 is 1.06 bits per heavy atom. The van der Waals surface area contributed by atoms with E-state index in [0.29, 0.717) is 5.75 Å². The van der Waals surface area contributed by atoms with Crippen LogP contribution in [0.2, 0.25) is 5.02 Å². The Hall–Kier alpha value is -1.47. The number of aromatic hydroxyl groups is 1. The zero-order valence-corrected chi connectivity index (χ0v) is 10.7. The molecule has 1 atom stereocenters. The van der Waals surface area contributed by atoms with E-state index in [-0.39, 0.29) is 5.92 Å². The van der Waals surface area contributed by atoms with Gasteiger partial charge in [0.15, 0.2) is 0 Å². The molecular formula is C16H14ClO. The molecule has 0 heterocycles. The predicted molar refractivity (Wildman–Crippen MR) is 74.0 cm³/mol. The highest BCUT2D eigenvalue weighted by Gasteiger charge is 2.23. The Balaban J connectivity index is 1.94. The predicted octanol–water partition coefficient (Wildman–Crippen LogP) is 4.13. The molecule has 91 valence electrons. The quantitative estimate of drug-likeness (QED) is 0.814. The number of fused-ring (bicyclic) bond motifs is 1. The molecule has 0 spiro atoms. The number of phenolic OH excluding ortho intramolecular Hbond substituents is 1. The molecule has 0 amide bonds. The van der Waals surface area contributed by atoms with Gasteiger partial charge in [0.2, 0.25) is 0 Å². The second-order valence-corrected chi connectivity index (χ2v) is 5.09. The third-order valence-electron chi connectivity index (χ3n) is 3.60. The first-order valence-electron chi connectivity index (χ1n) is 6.13. The van der Waals surface area contributed by atoms with Crippen molar-refractivity contribution in [1.82, 2.24) is 0 Å². The molecule has 1 radical (unpaired) electrons. The summed E-state index contributed by atoms with van der Waals surface area (Å²) in [6, 6.07) is 13.6. The van der Waals surface area contributed by atoms with Crippen molar-refractivity contribution >= 4 is 11.6 Å². The maximum atomic E-state index is 9.92. The highest BCUT2D eigenvalue weighted by molar-refractivity contribution is 6.31. The number of rotatable bonds is 1. The molecule has 18 heavy (non-hydrogen) atoms. The SMILES string of the molecule is Oc1ccccc1C1[CH]Cc2c(Cl)cccc2C1. The molecule has 0 bridgehead atoms. The zero-order chi connectivity index (χ0) is 12.5. The lowest BCUT2D eigenvalue weighted by atomic mass is 9.80. The molecule has 0 aliphatic heterocycles. The van der Waals surface area contributed by atoms with Gasteiger partial charge in [0, 0.05) is 5.02 Å². The fourth-order valence-electron chi connectivity index (χ4n) is 2.64. The molecule has 1 aliphatic rings. The van der Waals surface area contributed by atoms with Gasteiger partial charge in [0.1, 0.15) is 5.75 Å². The van der Waals surface area contributed by atoms with Crippen molar-refractivity contribution in [2.45, 2.75) is 18.8 Å². The van der Waals surface area contributed by atoms with E-state index in [1.165, 1.54) is 11.1 Å². The number of para-hydroxylation sites is 1. The van der Waals surface area contributed by atoms with E-state index >= 15 is 0 Å². The molecule has 2 aromatic rings. The van der Waals surface area contributed by atoms with Gasteiger partial charge >= 0.3 is 0 Å². The third kappa shape index (κ3) is 1.99. The summed E-state index contributed by atoms with van der Waals surface area (Å²) >= 11 is 6.20. The maximum absolute atomic E-state index is 9.92. The van der Waals surface area contributed by atoms with Crippen molar-refractivity contribution in [2.24, 2.45) is 0 Å². The van der Waals surface area contributed by atoms with Crippen LogP contribution in [0.25, 0.3) is 0 Å². The largest absolute Gasteiger partial charge is 0.508 e. The molecular weight excluding hydrogens is 244 g/mol. The van der Waals surface area contributed by atoms with Crippen LogP contribution >= 0.6 is 11.6 Å². The van der Waals surface area contributed by atoms with Gasteiger partial charge in [-0.15, -0.1) is 0 Å². The number of halogens is 1. The van der Waals surface area contributed by atoms with Crippen LogP contribution in [0.15, 0.2) is 42.5 Å². The van der Waals surface area contributed by atoms with Gasteiger partial charge in [0.25, 0.3) is 0 Å². The Morgan fingerprint density at radius 3 is 2.72 bits per heavy atom. The van der Waals surface area contributed by atoms with Crippen LogP contribution in [-0.2, 0) is 12.8 Å². The van der Waals surface area contributed by atoms with E-state index in [2.05, 4.69) is 12.5 Å². The number of hydrogen-bond donors (Lipinski definition) is 1. The van der Waals surface area contributed by atoms with Gasteiger partial charge in [-0.05, 0) is 54.0 Å². The van der Waals surface area contributed by atoms with Crippen LogP contribution in [0.1, 0.15) is 22.6 Å². The second-order valence-electron chi connectivity index (χ2n) is 4.69. The summed E-state index contributed by atoms with van der Waals surface area (Å²) in [5, 5.41) is 10.8. The van der Waals surface area contributed by atoms with Gasteiger partial charge in [-0.25, -0.2) is 0 Å². The lowest BCUT2D eigenvalue weighted by Gasteiger charge is -2.25. The Morgan fingerprint density at radius 2 is 1.89 bits per heavy atom. The monoisotopic (exact) mass is 257 g/mol. The summed E-state index contributed by atoms with van der Waals surface area (Å²) in [7, 11) is 0. The fourth-order valence-corrected chi connectivity index (χ4v) is 2.91. The highest BCUT2D eigenvalue weighted by atomic mass is 35.5. The summed E-state index contributed by atoms with van der Waals surface area (Å²) < 4.78 is 0. The van der Waals surface area contributed by atoms with E-state index in [4.69, 9.17) is 11.6 Å². The topological polar surface area (TPSA) is 20.2 Å². The lowest BCUT2D eigenvalue weighted by molar-refractivity contribution is 0.462. The molecule has 2 heteroatoms. The first-order valence-corrected chi connectivity index (χ1v) is 6.51. The minimum absolute atomic E-state index is 0.275. The maximum Gasteiger partial charge on any atom is 0.119 e. The normalized spacial score (nSPS) is 18.4. The van der Waals surface area contributed by atoms with Gasteiger partial charge in [-0.1, -0.05) is 41.9 Å². The summed E-state index contributed by atoms with van der Waals surface area (Å²) in [4.78, 5) is 0. The third-order valence-corrected chi connectivity index (χ3v) is 3.95. The van der Waals surface area contributed by atoms with E-state index in [1.807, 2.05) is 30.3 Å². The van der Waals surface area contributed by atoms with Gasteiger partial charge < -0.3 is 5.11 Å². The minimum Gasteiger partial charge on any atom is -0.508 e. The Kier molecular flexibility index (Phi) is 3.00. The van der Waals surface area contributed by atoms with Crippen molar-refractivity contribution in [3.05, 3.63) is 70.6 Å². The average Bonchev–Trinajstić information content (AvgIpc) is 2.39. The van der Waals surface area contributed by atoms with E-state index in [1.54, 1.807) is 6.07 Å². The van der Waals surface area contributed by atoms with Crippen molar-refractivity contribution in [1.29, 1.82) is 0 Å². The molecule has 1 aliphatic carbocycles. The molecule has 3 rings (SSSR count). The standard InChI is InChI=1S/C16H14ClO/c17-15-6-3-4-11-10-12(8-9-13(11)15)14-5-1-2-7-16(14)18/h1-8,12,18H,9-10H2. The van der Waals surface area contributed by atoms with Crippen molar-refractivity contribution in [2.75, 3.05) is 0 Å². The van der Waals surface area contributed by atoms with Gasteiger partial charge in [-0.2, -0.15) is 0 Å². The van der Waals surface area contributed by atoms with Crippen LogP contribution in [0, 0.1) is 6.42 Å². The molecule has 0 aromatic heterocycles. The van der Waals surface area contributed by atoms with Crippen LogP contribution in [-0.4, -0.2) is 5.11 Å². The van der Waals surface area contributed by atoms with Crippen LogP contribution < -0.4 is 0 Å². The van der Waals surface area contributed by atoms with E-state index in [0.717, 1.165) is 23.4 Å². The Bertz CT molecular complexity index is 577. The molecule has 2 aromatic carbocycles. The molecule has 0 saturated carbocycles. The van der Waals surface area contributed by atoms with E-state index < -0.39 is 0 Å². The van der Waals surface area contributed by atoms with Crippen molar-refractivity contribution in [3.8, 4) is 5.75 Å². The lowest BCUT2D eigenvalue weighted by Crippen LogP contribution is -2.14. The van der Waals surface area contributed by atoms with E-state index in [9.17, 15) is 5.11 Å². The molecule has 1 unspecified atom stereocenters. The zero-order valence-electron chi connectivity index (χ0n) is 9.94. The number of phenols is 1. The molecule has 1 N–H and O–H groups in total. The molecule has 0 saturated heterocycles. The fraction of sp³-hybridized carbons (Fsp3) is 0.188. The summed E-state index contributed by atoms with van der Waals surface area (Å²) in [6.45, 7) is 0. The van der Waals surface area contributed by atoms with Crippen LogP contribution in [0.3, 0.4) is 0 Å². The summed E-state index contributed by atoms with van der Waals surface area (Å²) in [5.41, 5.74) is 3.52. The molecule has 0 fully saturated rings. The van der Waals surface area contributed by atoms with Gasteiger partial charge in [0.05, 0.1) is 0 Å². The number of benzene rings is 2. The van der Waals surface area contributed by atoms with Crippen molar-refractivity contribution < 1.29 is 5.11 Å². The molecule has 1 nitrogen and oxygen atoms in total. The minimum atomic E-state index is 0.275. The second kappa shape index (κ2) is 4.66. The van der Waals surface area contributed by atoms with Crippen LogP contribution in [0.4, 0.5) is 0 Å². The average molecular weight is 258 g/mol. The number of hydrogen-bond acceptors (Lipinski definition) is 1. The van der Waals surface area contributed by atoms with Crippen molar-refractivity contribution in [3.63, 3.8) is 0 Å². The summed E-state index contributed by atoms with van der Waals surface area (Å²) in [6.07, 6.45) is 4.02. The highest BCUT2D eigenvalue weighted by Crippen LogP contribution is 2.37.